The molecule has 1 aliphatic heterocycles. The Morgan fingerprint density at radius 3 is 2.35 bits per heavy atom. The summed E-state index contributed by atoms with van der Waals surface area (Å²) in [5, 5.41) is 9.15. The van der Waals surface area contributed by atoms with Crippen LogP contribution in [-0.2, 0) is 17.6 Å². The fourth-order valence-corrected chi connectivity index (χ4v) is 3.28. The number of benzene rings is 1. The SMILES string of the molecule is CC(C)Cc1ccc(CCCC(=O)N2CCC(CO)CC2)cc1. The van der Waals surface area contributed by atoms with Crippen LogP contribution < -0.4 is 0 Å². The maximum Gasteiger partial charge on any atom is 0.222 e. The zero-order valence-corrected chi connectivity index (χ0v) is 14.6. The molecule has 1 heterocycles. The minimum absolute atomic E-state index is 0.259. The highest BCUT2D eigenvalue weighted by Gasteiger charge is 2.21. The average Bonchev–Trinajstić information content (AvgIpc) is 2.56. The quantitative estimate of drug-likeness (QED) is 0.837. The first kappa shape index (κ1) is 18.0. The lowest BCUT2D eigenvalue weighted by Crippen LogP contribution is -2.39. The first-order valence-corrected chi connectivity index (χ1v) is 9.05. The van der Waals surface area contributed by atoms with Crippen LogP contribution >= 0.6 is 0 Å². The van der Waals surface area contributed by atoms with Crippen LogP contribution in [0.5, 0.6) is 0 Å². The van der Waals surface area contributed by atoms with Crippen molar-refractivity contribution >= 4 is 5.91 Å². The van der Waals surface area contributed by atoms with E-state index in [9.17, 15) is 4.79 Å². The van der Waals surface area contributed by atoms with Gasteiger partial charge >= 0.3 is 0 Å². The van der Waals surface area contributed by atoms with Crippen LogP contribution in [0.15, 0.2) is 24.3 Å². The number of carbonyl (C=O) groups excluding carboxylic acids is 1. The number of nitrogens with zero attached hydrogens (tertiary/aromatic N) is 1. The van der Waals surface area contributed by atoms with E-state index in [1.807, 2.05) is 4.90 Å². The molecule has 0 spiro atoms. The smallest absolute Gasteiger partial charge is 0.222 e. The predicted octanol–water partition coefficient (Wildman–Crippen LogP) is 3.44. The molecule has 0 saturated carbocycles. The molecule has 1 fully saturated rings. The molecule has 23 heavy (non-hydrogen) atoms. The summed E-state index contributed by atoms with van der Waals surface area (Å²) < 4.78 is 0. The highest BCUT2D eigenvalue weighted by atomic mass is 16.3. The van der Waals surface area contributed by atoms with Crippen LogP contribution in [0, 0.1) is 11.8 Å². The third kappa shape index (κ3) is 5.98. The molecule has 0 unspecified atom stereocenters. The molecule has 2 rings (SSSR count). The summed E-state index contributed by atoms with van der Waals surface area (Å²) >= 11 is 0. The van der Waals surface area contributed by atoms with Crippen molar-refractivity contribution in [3.8, 4) is 0 Å². The first-order chi connectivity index (χ1) is 11.1. The minimum atomic E-state index is 0.259. The molecule has 0 radical (unpaired) electrons. The molecule has 3 heteroatoms. The van der Waals surface area contributed by atoms with E-state index >= 15 is 0 Å². The number of aryl methyl sites for hydroxylation is 1. The minimum Gasteiger partial charge on any atom is -0.396 e. The Labute approximate surface area is 140 Å². The third-order valence-electron chi connectivity index (χ3n) is 4.75. The van der Waals surface area contributed by atoms with E-state index in [-0.39, 0.29) is 12.5 Å². The highest BCUT2D eigenvalue weighted by Crippen LogP contribution is 2.18. The highest BCUT2D eigenvalue weighted by molar-refractivity contribution is 5.76. The molecule has 0 aromatic heterocycles. The second-order valence-corrected chi connectivity index (χ2v) is 7.27. The molecule has 128 valence electrons. The summed E-state index contributed by atoms with van der Waals surface area (Å²) in [7, 11) is 0. The van der Waals surface area contributed by atoms with Gasteiger partial charge in [-0.3, -0.25) is 4.79 Å². The fourth-order valence-electron chi connectivity index (χ4n) is 3.28. The molecular formula is C20H31NO2. The topological polar surface area (TPSA) is 40.5 Å². The van der Waals surface area contributed by atoms with E-state index in [1.165, 1.54) is 11.1 Å². The third-order valence-corrected chi connectivity index (χ3v) is 4.75. The predicted molar refractivity (Wildman–Crippen MR) is 94.3 cm³/mol. The van der Waals surface area contributed by atoms with Gasteiger partial charge in [0.05, 0.1) is 0 Å². The molecule has 0 bridgehead atoms. The number of hydrogen-bond donors (Lipinski definition) is 1. The van der Waals surface area contributed by atoms with Gasteiger partial charge in [-0.1, -0.05) is 38.1 Å². The monoisotopic (exact) mass is 317 g/mol. The number of hydrogen-bond acceptors (Lipinski definition) is 2. The van der Waals surface area contributed by atoms with Crippen LogP contribution in [0.4, 0.5) is 0 Å². The van der Waals surface area contributed by atoms with Crippen molar-refractivity contribution < 1.29 is 9.90 Å². The van der Waals surface area contributed by atoms with Crippen molar-refractivity contribution in [1.82, 2.24) is 4.90 Å². The van der Waals surface area contributed by atoms with Gasteiger partial charge in [-0.15, -0.1) is 0 Å². The van der Waals surface area contributed by atoms with Crippen molar-refractivity contribution in [2.24, 2.45) is 11.8 Å². The fraction of sp³-hybridized carbons (Fsp3) is 0.650. The number of piperidine rings is 1. The van der Waals surface area contributed by atoms with Crippen LogP contribution in [0.2, 0.25) is 0 Å². The van der Waals surface area contributed by atoms with E-state index in [1.54, 1.807) is 0 Å². The molecule has 1 aromatic rings. The average molecular weight is 317 g/mol. The van der Waals surface area contributed by atoms with Crippen LogP contribution in [0.25, 0.3) is 0 Å². The van der Waals surface area contributed by atoms with Gasteiger partial charge in [0.1, 0.15) is 0 Å². The Morgan fingerprint density at radius 2 is 1.78 bits per heavy atom. The van der Waals surface area contributed by atoms with Crippen LogP contribution in [-0.4, -0.2) is 35.6 Å². The Morgan fingerprint density at radius 1 is 1.17 bits per heavy atom. The lowest BCUT2D eigenvalue weighted by atomic mass is 9.97. The van der Waals surface area contributed by atoms with Crippen LogP contribution in [0.1, 0.15) is 50.7 Å². The van der Waals surface area contributed by atoms with Gasteiger partial charge in [-0.25, -0.2) is 0 Å². The van der Waals surface area contributed by atoms with Gasteiger partial charge in [-0.05, 0) is 55.1 Å². The summed E-state index contributed by atoms with van der Waals surface area (Å²) in [5.41, 5.74) is 2.72. The second-order valence-electron chi connectivity index (χ2n) is 7.27. The van der Waals surface area contributed by atoms with E-state index in [4.69, 9.17) is 5.11 Å². The lowest BCUT2D eigenvalue weighted by Gasteiger charge is -2.31. The van der Waals surface area contributed by atoms with Crippen LogP contribution in [0.3, 0.4) is 0 Å². The lowest BCUT2D eigenvalue weighted by molar-refractivity contribution is -0.132. The normalized spacial score (nSPS) is 16.1. The number of amides is 1. The van der Waals surface area contributed by atoms with Gasteiger partial charge in [0.2, 0.25) is 5.91 Å². The summed E-state index contributed by atoms with van der Waals surface area (Å²) in [6.07, 6.45) is 5.54. The number of likely N-dealkylation sites (tertiary alicyclic amines) is 1. The van der Waals surface area contributed by atoms with Crippen molar-refractivity contribution in [3.63, 3.8) is 0 Å². The molecule has 3 nitrogen and oxygen atoms in total. The van der Waals surface area contributed by atoms with Crippen molar-refractivity contribution in [2.45, 2.75) is 52.4 Å². The molecule has 1 N–H and O–H groups in total. The summed E-state index contributed by atoms with van der Waals surface area (Å²) in [5.74, 6) is 1.36. The molecule has 1 saturated heterocycles. The zero-order chi connectivity index (χ0) is 16.7. The van der Waals surface area contributed by atoms with Crippen molar-refractivity contribution in [3.05, 3.63) is 35.4 Å². The summed E-state index contributed by atoms with van der Waals surface area (Å²) in [6.45, 7) is 6.36. The van der Waals surface area contributed by atoms with Gasteiger partial charge in [0, 0.05) is 26.1 Å². The molecule has 0 atom stereocenters. The molecule has 1 amide bonds. The van der Waals surface area contributed by atoms with Gasteiger partial charge in [0.25, 0.3) is 0 Å². The van der Waals surface area contributed by atoms with Crippen molar-refractivity contribution in [1.29, 1.82) is 0 Å². The Kier molecular flexibility index (Phi) is 7.10. The van der Waals surface area contributed by atoms with Gasteiger partial charge < -0.3 is 10.0 Å². The maximum atomic E-state index is 12.2. The molecule has 1 aromatic carbocycles. The zero-order valence-electron chi connectivity index (χ0n) is 14.6. The second kappa shape index (κ2) is 9.07. The summed E-state index contributed by atoms with van der Waals surface area (Å²) in [6, 6.07) is 8.84. The largest absolute Gasteiger partial charge is 0.396 e. The van der Waals surface area contributed by atoms with Gasteiger partial charge in [-0.2, -0.15) is 0 Å². The van der Waals surface area contributed by atoms with E-state index in [0.29, 0.717) is 18.3 Å². The first-order valence-electron chi connectivity index (χ1n) is 9.05. The van der Waals surface area contributed by atoms with E-state index in [2.05, 4.69) is 38.1 Å². The Balaban J connectivity index is 1.69. The van der Waals surface area contributed by atoms with Gasteiger partial charge in [0.15, 0.2) is 0 Å². The number of carbonyl (C=O) groups is 1. The standard InChI is InChI=1S/C20H31NO2/c1-16(2)14-18-8-6-17(7-9-18)4-3-5-20(23)21-12-10-19(15-22)11-13-21/h6-9,16,19,22H,3-5,10-15H2,1-2H3. The van der Waals surface area contributed by atoms with E-state index < -0.39 is 0 Å². The Bertz CT molecular complexity index is 473. The maximum absolute atomic E-state index is 12.2. The number of aliphatic hydroxyl groups excluding tert-OH is 1. The van der Waals surface area contributed by atoms with E-state index in [0.717, 1.165) is 45.2 Å². The number of rotatable bonds is 7. The van der Waals surface area contributed by atoms with Crippen molar-refractivity contribution in [2.75, 3.05) is 19.7 Å². The number of aliphatic hydroxyl groups is 1. The Hall–Kier alpha value is -1.35. The molecule has 0 aliphatic carbocycles. The molecule has 1 aliphatic rings. The molecular weight excluding hydrogens is 286 g/mol. The summed E-state index contributed by atoms with van der Waals surface area (Å²) in [4.78, 5) is 14.2.